The van der Waals surface area contributed by atoms with Gasteiger partial charge in [-0.15, -0.1) is 0 Å². The van der Waals surface area contributed by atoms with Crippen LogP contribution in [0.1, 0.15) is 21.5 Å². The lowest BCUT2D eigenvalue weighted by Crippen LogP contribution is -2.27. The highest BCUT2D eigenvalue weighted by Crippen LogP contribution is 2.22. The van der Waals surface area contributed by atoms with Crippen molar-refractivity contribution in [2.45, 2.75) is 18.4 Å². The number of carbonyl (C=O) groups is 1. The van der Waals surface area contributed by atoms with E-state index in [1.807, 2.05) is 37.3 Å². The van der Waals surface area contributed by atoms with Crippen LogP contribution in [0.5, 0.6) is 0 Å². The van der Waals surface area contributed by atoms with Crippen LogP contribution in [0.15, 0.2) is 83.8 Å². The molecule has 0 radical (unpaired) electrons. The largest absolute Gasteiger partial charge is 0.337 e. The lowest BCUT2D eigenvalue weighted by molar-refractivity contribution is 0.0785. The van der Waals surface area contributed by atoms with Crippen LogP contribution in [0.3, 0.4) is 0 Å². The number of sulfonamides is 1. The van der Waals surface area contributed by atoms with Gasteiger partial charge in [0, 0.05) is 26.2 Å². The number of amides is 1. The Morgan fingerprint density at radius 3 is 2.03 bits per heavy atom. The van der Waals surface area contributed by atoms with Crippen LogP contribution in [0.2, 0.25) is 0 Å². The second-order valence-electron chi connectivity index (χ2n) is 6.92. The molecular weight excluding hydrogens is 384 g/mol. The predicted octanol–water partition coefficient (Wildman–Crippen LogP) is 4.09. The van der Waals surface area contributed by atoms with E-state index in [1.165, 1.54) is 23.5 Å². The Kier molecular flexibility index (Phi) is 6.03. The van der Waals surface area contributed by atoms with Crippen molar-refractivity contribution in [1.82, 2.24) is 4.90 Å². The SMILES string of the molecule is Cc1ccccc1CN(C)C(=O)c1ccc(S(=O)(=O)N(C)c2ccccc2)cc1. The maximum absolute atomic E-state index is 12.9. The Morgan fingerprint density at radius 2 is 1.41 bits per heavy atom. The molecule has 0 aliphatic rings. The zero-order chi connectivity index (χ0) is 21.0. The highest BCUT2D eigenvalue weighted by Gasteiger charge is 2.22. The summed E-state index contributed by atoms with van der Waals surface area (Å²) in [5, 5.41) is 0. The Morgan fingerprint density at radius 1 is 0.828 bits per heavy atom. The van der Waals surface area contributed by atoms with Crippen molar-refractivity contribution < 1.29 is 13.2 Å². The Hall–Kier alpha value is -3.12. The first-order chi connectivity index (χ1) is 13.8. The molecule has 1 amide bonds. The topological polar surface area (TPSA) is 57.7 Å². The standard InChI is InChI=1S/C23H24N2O3S/c1-18-9-7-8-10-20(18)17-24(2)23(26)19-13-15-22(16-14-19)29(27,28)25(3)21-11-5-4-6-12-21/h4-16H,17H2,1-3H3. The number of anilines is 1. The van der Waals surface area contributed by atoms with Crippen molar-refractivity contribution >= 4 is 21.6 Å². The fourth-order valence-corrected chi connectivity index (χ4v) is 4.23. The van der Waals surface area contributed by atoms with E-state index >= 15 is 0 Å². The summed E-state index contributed by atoms with van der Waals surface area (Å²) < 4.78 is 26.9. The van der Waals surface area contributed by atoms with E-state index in [-0.39, 0.29) is 10.8 Å². The summed E-state index contributed by atoms with van der Waals surface area (Å²) in [7, 11) is -0.448. The van der Waals surface area contributed by atoms with Gasteiger partial charge in [-0.05, 0) is 54.4 Å². The highest BCUT2D eigenvalue weighted by atomic mass is 32.2. The van der Waals surface area contributed by atoms with Crippen molar-refractivity contribution in [3.05, 3.63) is 95.6 Å². The summed E-state index contributed by atoms with van der Waals surface area (Å²) in [6, 6.07) is 22.9. The van der Waals surface area contributed by atoms with Crippen LogP contribution in [-0.2, 0) is 16.6 Å². The summed E-state index contributed by atoms with van der Waals surface area (Å²) >= 11 is 0. The van der Waals surface area contributed by atoms with Crippen LogP contribution in [0, 0.1) is 6.92 Å². The van der Waals surface area contributed by atoms with E-state index < -0.39 is 10.0 Å². The summed E-state index contributed by atoms with van der Waals surface area (Å²) in [6.45, 7) is 2.50. The lowest BCUT2D eigenvalue weighted by atomic mass is 10.1. The molecule has 5 nitrogen and oxygen atoms in total. The lowest BCUT2D eigenvalue weighted by Gasteiger charge is -2.20. The molecule has 6 heteroatoms. The molecule has 0 N–H and O–H groups in total. The quantitative estimate of drug-likeness (QED) is 0.617. The summed E-state index contributed by atoms with van der Waals surface area (Å²) in [5.74, 6) is -0.159. The first-order valence-electron chi connectivity index (χ1n) is 9.24. The Bertz CT molecular complexity index is 1090. The van der Waals surface area contributed by atoms with Gasteiger partial charge in [-0.2, -0.15) is 0 Å². The number of nitrogens with zero attached hydrogens (tertiary/aromatic N) is 2. The molecule has 0 unspecified atom stereocenters. The van der Waals surface area contributed by atoms with Gasteiger partial charge >= 0.3 is 0 Å². The molecular formula is C23H24N2O3S. The predicted molar refractivity (Wildman–Crippen MR) is 115 cm³/mol. The van der Waals surface area contributed by atoms with Gasteiger partial charge in [-0.3, -0.25) is 9.10 Å². The second kappa shape index (κ2) is 8.49. The van der Waals surface area contributed by atoms with Gasteiger partial charge in [0.05, 0.1) is 10.6 Å². The van der Waals surface area contributed by atoms with Gasteiger partial charge in [-0.25, -0.2) is 8.42 Å². The van der Waals surface area contributed by atoms with Crippen LogP contribution in [0.4, 0.5) is 5.69 Å². The van der Waals surface area contributed by atoms with E-state index in [1.54, 1.807) is 48.3 Å². The summed E-state index contributed by atoms with van der Waals surface area (Å²) in [5.41, 5.74) is 3.22. The molecule has 0 bridgehead atoms. The van der Waals surface area contributed by atoms with E-state index in [9.17, 15) is 13.2 Å². The van der Waals surface area contributed by atoms with Crippen molar-refractivity contribution in [2.24, 2.45) is 0 Å². The monoisotopic (exact) mass is 408 g/mol. The van der Waals surface area contributed by atoms with E-state index in [0.29, 0.717) is 17.8 Å². The third-order valence-electron chi connectivity index (χ3n) is 4.89. The van der Waals surface area contributed by atoms with Gasteiger partial charge in [0.15, 0.2) is 0 Å². The minimum Gasteiger partial charge on any atom is -0.337 e. The molecule has 0 saturated carbocycles. The third kappa shape index (κ3) is 4.49. The number of benzene rings is 3. The molecule has 0 heterocycles. The molecule has 0 aliphatic heterocycles. The molecule has 0 spiro atoms. The zero-order valence-electron chi connectivity index (χ0n) is 16.7. The molecule has 3 aromatic carbocycles. The smallest absolute Gasteiger partial charge is 0.264 e. The second-order valence-corrected chi connectivity index (χ2v) is 8.89. The third-order valence-corrected chi connectivity index (χ3v) is 6.69. The Balaban J connectivity index is 1.77. The minimum absolute atomic E-state index is 0.141. The number of aryl methyl sites for hydroxylation is 1. The highest BCUT2D eigenvalue weighted by molar-refractivity contribution is 7.92. The molecule has 29 heavy (non-hydrogen) atoms. The minimum atomic E-state index is -3.70. The Labute approximate surface area is 172 Å². The molecule has 3 rings (SSSR count). The van der Waals surface area contributed by atoms with E-state index in [4.69, 9.17) is 0 Å². The normalized spacial score (nSPS) is 11.1. The number of para-hydroxylation sites is 1. The van der Waals surface area contributed by atoms with Crippen molar-refractivity contribution in [3.63, 3.8) is 0 Å². The number of carbonyl (C=O) groups excluding carboxylic acids is 1. The number of rotatable bonds is 6. The molecule has 0 aliphatic carbocycles. The molecule has 0 fully saturated rings. The summed E-state index contributed by atoms with van der Waals surface area (Å²) in [4.78, 5) is 14.5. The summed E-state index contributed by atoms with van der Waals surface area (Å²) in [6.07, 6.45) is 0. The average Bonchev–Trinajstić information content (AvgIpc) is 2.75. The fraction of sp³-hybridized carbons (Fsp3) is 0.174. The molecule has 150 valence electrons. The van der Waals surface area contributed by atoms with Crippen LogP contribution >= 0.6 is 0 Å². The molecule has 3 aromatic rings. The van der Waals surface area contributed by atoms with E-state index in [2.05, 4.69) is 0 Å². The van der Waals surface area contributed by atoms with Crippen LogP contribution in [0.25, 0.3) is 0 Å². The van der Waals surface area contributed by atoms with Crippen LogP contribution < -0.4 is 4.31 Å². The van der Waals surface area contributed by atoms with Gasteiger partial charge in [0.2, 0.25) is 0 Å². The first-order valence-corrected chi connectivity index (χ1v) is 10.7. The zero-order valence-corrected chi connectivity index (χ0v) is 17.6. The van der Waals surface area contributed by atoms with Gasteiger partial charge in [0.25, 0.3) is 15.9 Å². The maximum Gasteiger partial charge on any atom is 0.264 e. The average molecular weight is 409 g/mol. The number of hydrogen-bond acceptors (Lipinski definition) is 3. The maximum atomic E-state index is 12.9. The van der Waals surface area contributed by atoms with E-state index in [0.717, 1.165) is 11.1 Å². The van der Waals surface area contributed by atoms with Crippen molar-refractivity contribution in [1.29, 1.82) is 0 Å². The first kappa shape index (κ1) is 20.6. The molecule has 0 atom stereocenters. The fourth-order valence-electron chi connectivity index (χ4n) is 3.04. The van der Waals surface area contributed by atoms with Gasteiger partial charge in [-0.1, -0.05) is 42.5 Å². The van der Waals surface area contributed by atoms with Crippen molar-refractivity contribution in [2.75, 3.05) is 18.4 Å². The van der Waals surface area contributed by atoms with Crippen molar-refractivity contribution in [3.8, 4) is 0 Å². The van der Waals surface area contributed by atoms with Gasteiger partial charge < -0.3 is 4.90 Å². The van der Waals surface area contributed by atoms with Crippen LogP contribution in [-0.4, -0.2) is 33.3 Å². The molecule has 0 saturated heterocycles. The number of hydrogen-bond donors (Lipinski definition) is 0. The van der Waals surface area contributed by atoms with Gasteiger partial charge in [0.1, 0.15) is 0 Å². The molecule has 0 aromatic heterocycles.